The van der Waals surface area contributed by atoms with E-state index in [1.165, 1.54) is 24.0 Å². The second kappa shape index (κ2) is 6.63. The SMILES string of the molecule is Cc1ccc(C)c(N=c2scc(-c3ccc4c(c3)NC(=O)CO4)n2C2CC2)c1. The molecular formula is C22H21N3O2S. The molecule has 1 aliphatic carbocycles. The zero-order chi connectivity index (χ0) is 19.3. The number of carbonyl (C=O) groups excluding carboxylic acids is 1. The molecular weight excluding hydrogens is 370 g/mol. The van der Waals surface area contributed by atoms with Crippen molar-refractivity contribution in [2.45, 2.75) is 32.7 Å². The molecule has 2 aromatic carbocycles. The number of rotatable bonds is 3. The number of hydrogen-bond donors (Lipinski definition) is 1. The number of nitrogens with one attached hydrogen (secondary N) is 1. The van der Waals surface area contributed by atoms with Gasteiger partial charge in [0, 0.05) is 17.0 Å². The fraction of sp³-hybridized carbons (Fsp3) is 0.273. The summed E-state index contributed by atoms with van der Waals surface area (Å²) in [7, 11) is 0. The van der Waals surface area contributed by atoms with E-state index in [-0.39, 0.29) is 12.5 Å². The van der Waals surface area contributed by atoms with Crippen LogP contribution in [-0.2, 0) is 4.79 Å². The number of nitrogens with zero attached hydrogens (tertiary/aromatic N) is 2. The van der Waals surface area contributed by atoms with Crippen molar-refractivity contribution in [2.75, 3.05) is 11.9 Å². The third-order valence-corrected chi connectivity index (χ3v) is 5.98. The lowest BCUT2D eigenvalue weighted by atomic mass is 10.1. The summed E-state index contributed by atoms with van der Waals surface area (Å²) in [5, 5.41) is 5.06. The Morgan fingerprint density at radius 1 is 1.18 bits per heavy atom. The molecule has 0 bridgehead atoms. The summed E-state index contributed by atoms with van der Waals surface area (Å²) < 4.78 is 7.84. The van der Waals surface area contributed by atoms with Crippen molar-refractivity contribution in [1.29, 1.82) is 0 Å². The Morgan fingerprint density at radius 3 is 2.86 bits per heavy atom. The van der Waals surface area contributed by atoms with Crippen molar-refractivity contribution in [3.05, 3.63) is 57.7 Å². The standard InChI is InChI=1S/C22H21N3O2S/c1-13-3-4-14(2)17(9-13)24-22-25(16-6-7-16)19(12-28-22)15-5-8-20-18(10-15)23-21(26)11-27-20/h3-5,8-10,12,16H,6-7,11H2,1-2H3,(H,23,26). The van der Waals surface area contributed by atoms with Crippen molar-refractivity contribution in [2.24, 2.45) is 4.99 Å². The van der Waals surface area contributed by atoms with Gasteiger partial charge in [-0.15, -0.1) is 11.3 Å². The Kier molecular flexibility index (Phi) is 4.09. The summed E-state index contributed by atoms with van der Waals surface area (Å²) in [5.74, 6) is 0.604. The van der Waals surface area contributed by atoms with Gasteiger partial charge in [0.15, 0.2) is 11.4 Å². The van der Waals surface area contributed by atoms with Crippen LogP contribution in [0.2, 0.25) is 0 Å². The summed E-state index contributed by atoms with van der Waals surface area (Å²) in [6.45, 7) is 4.27. The van der Waals surface area contributed by atoms with Crippen LogP contribution in [0, 0.1) is 13.8 Å². The lowest BCUT2D eigenvalue weighted by Gasteiger charge is -2.19. The maximum absolute atomic E-state index is 11.7. The molecule has 0 unspecified atom stereocenters. The van der Waals surface area contributed by atoms with Gasteiger partial charge in [0.2, 0.25) is 0 Å². The lowest BCUT2D eigenvalue weighted by Crippen LogP contribution is -2.25. The van der Waals surface area contributed by atoms with Crippen molar-refractivity contribution in [3.63, 3.8) is 0 Å². The van der Waals surface area contributed by atoms with E-state index in [1.54, 1.807) is 11.3 Å². The fourth-order valence-electron chi connectivity index (χ4n) is 3.48. The topological polar surface area (TPSA) is 55.6 Å². The number of aromatic nitrogens is 1. The van der Waals surface area contributed by atoms with E-state index in [0.717, 1.165) is 33.2 Å². The Morgan fingerprint density at radius 2 is 2.04 bits per heavy atom. The van der Waals surface area contributed by atoms with Gasteiger partial charge in [-0.2, -0.15) is 0 Å². The van der Waals surface area contributed by atoms with Crippen LogP contribution in [0.3, 0.4) is 0 Å². The molecule has 0 spiro atoms. The number of benzene rings is 2. The number of fused-ring (bicyclic) bond motifs is 1. The predicted octanol–water partition coefficient (Wildman–Crippen LogP) is 4.73. The van der Waals surface area contributed by atoms with Crippen molar-refractivity contribution in [1.82, 2.24) is 4.57 Å². The Labute approximate surface area is 167 Å². The quantitative estimate of drug-likeness (QED) is 0.702. The van der Waals surface area contributed by atoms with Crippen molar-refractivity contribution >= 4 is 28.6 Å². The molecule has 1 N–H and O–H groups in total. The van der Waals surface area contributed by atoms with Crippen LogP contribution in [0.25, 0.3) is 11.3 Å². The van der Waals surface area contributed by atoms with Gasteiger partial charge < -0.3 is 14.6 Å². The molecule has 1 fully saturated rings. The van der Waals surface area contributed by atoms with Gasteiger partial charge in [0.1, 0.15) is 5.75 Å². The third-order valence-electron chi connectivity index (χ3n) is 5.14. The first kappa shape index (κ1) is 17.3. The molecule has 1 amide bonds. The minimum Gasteiger partial charge on any atom is -0.482 e. The Hall–Kier alpha value is -2.86. The smallest absolute Gasteiger partial charge is 0.262 e. The predicted molar refractivity (Wildman–Crippen MR) is 111 cm³/mol. The van der Waals surface area contributed by atoms with Gasteiger partial charge >= 0.3 is 0 Å². The summed E-state index contributed by atoms with van der Waals surface area (Å²) in [4.78, 5) is 17.7. The molecule has 2 heterocycles. The maximum atomic E-state index is 11.7. The minimum absolute atomic E-state index is 0.0751. The number of aryl methyl sites for hydroxylation is 2. The highest BCUT2D eigenvalue weighted by Gasteiger charge is 2.28. The highest BCUT2D eigenvalue weighted by molar-refractivity contribution is 7.07. The van der Waals surface area contributed by atoms with Crippen molar-refractivity contribution in [3.8, 4) is 17.0 Å². The molecule has 1 saturated carbocycles. The zero-order valence-electron chi connectivity index (χ0n) is 15.9. The molecule has 3 aromatic rings. The van der Waals surface area contributed by atoms with Crippen LogP contribution in [0.15, 0.2) is 46.8 Å². The molecule has 1 aromatic heterocycles. The number of hydrogen-bond acceptors (Lipinski definition) is 4. The van der Waals surface area contributed by atoms with E-state index in [1.807, 2.05) is 12.1 Å². The van der Waals surface area contributed by atoms with Crippen molar-refractivity contribution < 1.29 is 9.53 Å². The highest BCUT2D eigenvalue weighted by Crippen LogP contribution is 2.40. The lowest BCUT2D eigenvalue weighted by molar-refractivity contribution is -0.118. The summed E-state index contributed by atoms with van der Waals surface area (Å²) in [6.07, 6.45) is 2.35. The van der Waals surface area contributed by atoms with Crippen LogP contribution in [0.5, 0.6) is 5.75 Å². The molecule has 0 radical (unpaired) electrons. The van der Waals surface area contributed by atoms with E-state index in [4.69, 9.17) is 9.73 Å². The van der Waals surface area contributed by atoms with E-state index in [9.17, 15) is 4.79 Å². The van der Waals surface area contributed by atoms with Crippen LogP contribution < -0.4 is 14.9 Å². The van der Waals surface area contributed by atoms with E-state index in [2.05, 4.69) is 53.4 Å². The third kappa shape index (κ3) is 3.14. The molecule has 142 valence electrons. The average Bonchev–Trinajstić information content (AvgIpc) is 3.44. The first-order valence-electron chi connectivity index (χ1n) is 9.47. The molecule has 6 heteroatoms. The van der Waals surface area contributed by atoms with Gasteiger partial charge in [0.25, 0.3) is 5.91 Å². The normalized spacial score (nSPS) is 16.5. The van der Waals surface area contributed by atoms with E-state index < -0.39 is 0 Å². The summed E-state index contributed by atoms with van der Waals surface area (Å²) in [6, 6.07) is 12.8. The molecule has 5 nitrogen and oxygen atoms in total. The first-order chi connectivity index (χ1) is 13.6. The Bertz CT molecular complexity index is 1150. The number of thiazole rings is 1. The fourth-order valence-corrected chi connectivity index (χ4v) is 4.46. The molecule has 28 heavy (non-hydrogen) atoms. The van der Waals surface area contributed by atoms with Crippen LogP contribution >= 0.6 is 11.3 Å². The zero-order valence-corrected chi connectivity index (χ0v) is 16.7. The van der Waals surface area contributed by atoms with Crippen LogP contribution in [0.1, 0.15) is 30.0 Å². The van der Waals surface area contributed by atoms with Crippen LogP contribution in [-0.4, -0.2) is 17.1 Å². The molecule has 0 saturated heterocycles. The van der Waals surface area contributed by atoms with E-state index >= 15 is 0 Å². The Balaban J connectivity index is 1.63. The first-order valence-corrected chi connectivity index (χ1v) is 10.4. The van der Waals surface area contributed by atoms with Gasteiger partial charge in [-0.1, -0.05) is 12.1 Å². The summed E-state index contributed by atoms with van der Waals surface area (Å²) in [5.41, 5.74) is 6.35. The monoisotopic (exact) mass is 391 g/mol. The molecule has 1 aliphatic heterocycles. The second-order valence-electron chi connectivity index (χ2n) is 7.45. The average molecular weight is 391 g/mol. The van der Waals surface area contributed by atoms with Crippen LogP contribution in [0.4, 0.5) is 11.4 Å². The number of ether oxygens (including phenoxy) is 1. The van der Waals surface area contributed by atoms with Gasteiger partial charge in [-0.05, 0) is 62.1 Å². The summed E-state index contributed by atoms with van der Waals surface area (Å²) >= 11 is 1.66. The van der Waals surface area contributed by atoms with Gasteiger partial charge in [-0.25, -0.2) is 4.99 Å². The molecule has 2 aliphatic rings. The number of anilines is 1. The van der Waals surface area contributed by atoms with Gasteiger partial charge in [-0.3, -0.25) is 4.79 Å². The largest absolute Gasteiger partial charge is 0.482 e. The number of carbonyl (C=O) groups is 1. The second-order valence-corrected chi connectivity index (χ2v) is 8.29. The maximum Gasteiger partial charge on any atom is 0.262 e. The highest BCUT2D eigenvalue weighted by atomic mass is 32.1. The number of amides is 1. The van der Waals surface area contributed by atoms with E-state index in [0.29, 0.717) is 6.04 Å². The molecule has 0 atom stereocenters. The van der Waals surface area contributed by atoms with Gasteiger partial charge in [0.05, 0.1) is 17.1 Å². The minimum atomic E-state index is -0.115. The molecule has 5 rings (SSSR count).